The lowest BCUT2D eigenvalue weighted by molar-refractivity contribution is 0.410. The zero-order valence-corrected chi connectivity index (χ0v) is 12.2. The van der Waals surface area contributed by atoms with Gasteiger partial charge in [0.25, 0.3) is 0 Å². The Labute approximate surface area is 122 Å². The van der Waals surface area contributed by atoms with Crippen molar-refractivity contribution in [2.24, 2.45) is 0 Å². The van der Waals surface area contributed by atoms with Crippen LogP contribution in [-0.4, -0.2) is 12.1 Å². The minimum atomic E-state index is 0.485. The van der Waals surface area contributed by atoms with Crippen LogP contribution in [0.3, 0.4) is 0 Å². The van der Waals surface area contributed by atoms with Gasteiger partial charge in [0.2, 0.25) is 0 Å². The van der Waals surface area contributed by atoms with Crippen molar-refractivity contribution in [2.45, 2.75) is 13.5 Å². The number of halogens is 2. The van der Waals surface area contributed by atoms with E-state index in [1.54, 1.807) is 13.2 Å². The third-order valence-electron chi connectivity index (χ3n) is 2.80. The molecule has 0 aliphatic heterocycles. The van der Waals surface area contributed by atoms with Crippen molar-refractivity contribution in [2.75, 3.05) is 12.4 Å². The molecular weight excluding hydrogens is 283 g/mol. The van der Waals surface area contributed by atoms with Gasteiger partial charge < -0.3 is 10.1 Å². The number of benzene rings is 1. The Bertz CT molecular complexity index is 588. The van der Waals surface area contributed by atoms with Crippen molar-refractivity contribution in [3.05, 3.63) is 51.8 Å². The summed E-state index contributed by atoms with van der Waals surface area (Å²) in [4.78, 5) is 4.19. The van der Waals surface area contributed by atoms with Gasteiger partial charge >= 0.3 is 0 Å². The number of pyridine rings is 1. The third kappa shape index (κ3) is 3.31. The standard InChI is InChI=1S/C14H14Cl2N2O/c1-9-12(6-7-14(16)18-9)17-8-10-11(15)4-3-5-13(10)19-2/h3-7,17H,8H2,1-2H3. The van der Waals surface area contributed by atoms with E-state index in [9.17, 15) is 0 Å². The van der Waals surface area contributed by atoms with Gasteiger partial charge in [-0.3, -0.25) is 0 Å². The molecule has 0 saturated heterocycles. The summed E-state index contributed by atoms with van der Waals surface area (Å²) < 4.78 is 5.30. The maximum absolute atomic E-state index is 6.18. The normalized spacial score (nSPS) is 10.3. The maximum atomic E-state index is 6.18. The van der Waals surface area contributed by atoms with Crippen molar-refractivity contribution >= 4 is 28.9 Å². The summed E-state index contributed by atoms with van der Waals surface area (Å²) in [5.41, 5.74) is 2.69. The summed E-state index contributed by atoms with van der Waals surface area (Å²) in [6.07, 6.45) is 0. The van der Waals surface area contributed by atoms with Gasteiger partial charge in [0.15, 0.2) is 0 Å². The number of hydrogen-bond donors (Lipinski definition) is 1. The third-order valence-corrected chi connectivity index (χ3v) is 3.37. The molecule has 0 spiro atoms. The molecule has 1 N–H and O–H groups in total. The van der Waals surface area contributed by atoms with Crippen LogP contribution < -0.4 is 10.1 Å². The number of aryl methyl sites for hydroxylation is 1. The number of anilines is 1. The predicted molar refractivity (Wildman–Crippen MR) is 79.3 cm³/mol. The van der Waals surface area contributed by atoms with Crippen LogP contribution in [0.1, 0.15) is 11.3 Å². The van der Waals surface area contributed by atoms with Gasteiger partial charge in [-0.25, -0.2) is 4.98 Å². The van der Waals surface area contributed by atoms with Gasteiger partial charge in [0.1, 0.15) is 10.9 Å². The molecular formula is C14H14Cl2N2O. The summed E-state index contributed by atoms with van der Waals surface area (Å²) in [7, 11) is 1.63. The quantitative estimate of drug-likeness (QED) is 0.853. The molecule has 0 amide bonds. The molecule has 0 atom stereocenters. The highest BCUT2D eigenvalue weighted by Crippen LogP contribution is 2.27. The highest BCUT2D eigenvalue weighted by atomic mass is 35.5. The van der Waals surface area contributed by atoms with Crippen LogP contribution in [0.5, 0.6) is 5.75 Å². The molecule has 1 aromatic heterocycles. The Hall–Kier alpha value is -1.45. The minimum absolute atomic E-state index is 0.485. The number of ether oxygens (including phenoxy) is 1. The number of methoxy groups -OCH3 is 1. The Morgan fingerprint density at radius 2 is 2.00 bits per heavy atom. The second kappa shape index (κ2) is 6.13. The fraction of sp³-hybridized carbons (Fsp3) is 0.214. The van der Waals surface area contributed by atoms with Gasteiger partial charge in [-0.2, -0.15) is 0 Å². The van der Waals surface area contributed by atoms with Crippen LogP contribution in [0.15, 0.2) is 30.3 Å². The fourth-order valence-corrected chi connectivity index (χ4v) is 2.22. The van der Waals surface area contributed by atoms with Crippen LogP contribution in [0.2, 0.25) is 10.2 Å². The van der Waals surface area contributed by atoms with E-state index in [4.69, 9.17) is 27.9 Å². The Morgan fingerprint density at radius 3 is 2.68 bits per heavy atom. The van der Waals surface area contributed by atoms with Crippen LogP contribution in [-0.2, 0) is 6.54 Å². The summed E-state index contributed by atoms with van der Waals surface area (Å²) in [6, 6.07) is 9.23. The highest BCUT2D eigenvalue weighted by Gasteiger charge is 2.08. The second-order valence-electron chi connectivity index (χ2n) is 4.04. The summed E-state index contributed by atoms with van der Waals surface area (Å²) in [6.45, 7) is 2.46. The summed E-state index contributed by atoms with van der Waals surface area (Å²) in [5.74, 6) is 0.763. The van der Waals surface area contributed by atoms with Gasteiger partial charge in [-0.1, -0.05) is 29.3 Å². The molecule has 2 aromatic rings. The number of aromatic nitrogens is 1. The highest BCUT2D eigenvalue weighted by molar-refractivity contribution is 6.31. The smallest absolute Gasteiger partial charge is 0.129 e. The average Bonchev–Trinajstić information content (AvgIpc) is 2.39. The maximum Gasteiger partial charge on any atom is 0.129 e. The zero-order chi connectivity index (χ0) is 13.8. The first-order valence-electron chi connectivity index (χ1n) is 5.80. The van der Waals surface area contributed by atoms with Gasteiger partial charge in [-0.15, -0.1) is 0 Å². The van der Waals surface area contributed by atoms with Crippen LogP contribution in [0, 0.1) is 6.92 Å². The molecule has 100 valence electrons. The van der Waals surface area contributed by atoms with Gasteiger partial charge in [0, 0.05) is 17.1 Å². The van der Waals surface area contributed by atoms with E-state index in [-0.39, 0.29) is 0 Å². The second-order valence-corrected chi connectivity index (χ2v) is 4.84. The SMILES string of the molecule is COc1cccc(Cl)c1CNc1ccc(Cl)nc1C. The molecule has 0 unspecified atom stereocenters. The Kier molecular flexibility index (Phi) is 4.51. The van der Waals surface area contributed by atoms with Crippen LogP contribution >= 0.6 is 23.2 Å². The van der Waals surface area contributed by atoms with E-state index in [0.29, 0.717) is 16.7 Å². The first kappa shape index (κ1) is 14.0. The molecule has 1 heterocycles. The monoisotopic (exact) mass is 296 g/mol. The molecule has 19 heavy (non-hydrogen) atoms. The molecule has 2 rings (SSSR count). The van der Waals surface area contributed by atoms with Crippen LogP contribution in [0.25, 0.3) is 0 Å². The lowest BCUT2D eigenvalue weighted by Gasteiger charge is -2.13. The summed E-state index contributed by atoms with van der Waals surface area (Å²) in [5, 5.41) is 4.44. The molecule has 0 saturated carbocycles. The topological polar surface area (TPSA) is 34.1 Å². The molecule has 5 heteroatoms. The molecule has 0 aliphatic rings. The Balaban J connectivity index is 2.19. The molecule has 0 radical (unpaired) electrons. The minimum Gasteiger partial charge on any atom is -0.496 e. The van der Waals surface area contributed by atoms with Crippen LogP contribution in [0.4, 0.5) is 5.69 Å². The predicted octanol–water partition coefficient (Wildman–Crippen LogP) is 4.32. The lowest BCUT2D eigenvalue weighted by Crippen LogP contribution is -2.04. The largest absolute Gasteiger partial charge is 0.496 e. The average molecular weight is 297 g/mol. The summed E-state index contributed by atoms with van der Waals surface area (Å²) >= 11 is 12.0. The number of rotatable bonds is 4. The first-order chi connectivity index (χ1) is 9.11. The van der Waals surface area contributed by atoms with Crippen molar-refractivity contribution in [3.8, 4) is 5.75 Å². The van der Waals surface area contributed by atoms with E-state index in [0.717, 1.165) is 22.7 Å². The first-order valence-corrected chi connectivity index (χ1v) is 6.56. The zero-order valence-electron chi connectivity index (χ0n) is 10.7. The van der Waals surface area contributed by atoms with E-state index in [1.807, 2.05) is 31.2 Å². The molecule has 1 aromatic carbocycles. The van der Waals surface area contributed by atoms with Crippen molar-refractivity contribution in [1.29, 1.82) is 0 Å². The van der Waals surface area contributed by atoms with E-state index in [1.165, 1.54) is 0 Å². The molecule has 3 nitrogen and oxygen atoms in total. The van der Waals surface area contributed by atoms with E-state index < -0.39 is 0 Å². The van der Waals surface area contributed by atoms with E-state index >= 15 is 0 Å². The Morgan fingerprint density at radius 1 is 1.21 bits per heavy atom. The fourth-order valence-electron chi connectivity index (χ4n) is 1.80. The van der Waals surface area contributed by atoms with Crippen molar-refractivity contribution < 1.29 is 4.74 Å². The molecule has 0 aliphatic carbocycles. The van der Waals surface area contributed by atoms with Gasteiger partial charge in [0.05, 0.1) is 18.5 Å². The van der Waals surface area contributed by atoms with Crippen molar-refractivity contribution in [3.63, 3.8) is 0 Å². The van der Waals surface area contributed by atoms with Gasteiger partial charge in [-0.05, 0) is 31.2 Å². The lowest BCUT2D eigenvalue weighted by atomic mass is 10.2. The van der Waals surface area contributed by atoms with Crippen molar-refractivity contribution in [1.82, 2.24) is 4.98 Å². The molecule has 0 fully saturated rings. The number of hydrogen-bond acceptors (Lipinski definition) is 3. The molecule has 0 bridgehead atoms. The number of nitrogens with zero attached hydrogens (tertiary/aromatic N) is 1. The number of nitrogens with one attached hydrogen (secondary N) is 1. The van der Waals surface area contributed by atoms with E-state index in [2.05, 4.69) is 10.3 Å².